The molecule has 0 radical (unpaired) electrons. The fourth-order valence-corrected chi connectivity index (χ4v) is 4.70. The smallest absolute Gasteiger partial charge is 0.265 e. The summed E-state index contributed by atoms with van der Waals surface area (Å²) in [7, 11) is -4.02. The number of rotatable bonds is 8. The fourth-order valence-electron chi connectivity index (χ4n) is 3.46. The van der Waals surface area contributed by atoms with Crippen molar-refractivity contribution in [2.24, 2.45) is 0 Å². The number of aromatic hydroxyl groups is 1. The van der Waals surface area contributed by atoms with Crippen LogP contribution in [-0.2, 0) is 15.4 Å². The predicted molar refractivity (Wildman–Crippen MR) is 139 cm³/mol. The van der Waals surface area contributed by atoms with Gasteiger partial charge >= 0.3 is 0 Å². The van der Waals surface area contributed by atoms with E-state index < -0.39 is 15.4 Å². The van der Waals surface area contributed by atoms with E-state index in [0.717, 1.165) is 16.8 Å². The normalized spacial score (nSPS) is 11.4. The van der Waals surface area contributed by atoms with E-state index in [1.807, 2.05) is 58.9 Å². The lowest BCUT2D eigenvalue weighted by Gasteiger charge is -2.23. The molecule has 1 aromatic heterocycles. The average Bonchev–Trinajstić information content (AvgIpc) is 2.72. The first-order valence-electron chi connectivity index (χ1n) is 10.7. The number of pyridine rings is 1. The maximum atomic E-state index is 13.2. The van der Waals surface area contributed by atoms with Crippen LogP contribution in [0.3, 0.4) is 0 Å². The second-order valence-electron chi connectivity index (χ2n) is 9.06. The summed E-state index contributed by atoms with van der Waals surface area (Å²) in [5, 5.41) is 14.0. The number of nitrogens with zero attached hydrogens (tertiary/aromatic N) is 1. The van der Waals surface area contributed by atoms with Crippen molar-refractivity contribution < 1.29 is 18.3 Å². The number of nitrogens with one attached hydrogen (secondary N) is 2. The molecule has 0 saturated heterocycles. The number of hydrogen-bond acceptors (Lipinski definition) is 6. The standard InChI is InChI=1S/C25H31N3O4S.ClH/c1-17-12-20(16-21(13-17)32-11-10-27-19-6-8-26-9-7-19)28-33(30,31)23-15-18(2)14-22(24(23)29)25(3,4)5;/h6-9,12-16,28-29H,10-11H2,1-5H3,(H,26,27);1H. The molecule has 3 aromatic rings. The SMILES string of the molecule is Cc1cc(NS(=O)(=O)c2cc(C)cc(C(C)(C)C)c2O)cc(OCCNc2ccncc2)c1.Cl. The predicted octanol–water partition coefficient (Wildman–Crippen LogP) is 5.42. The van der Waals surface area contributed by atoms with Crippen molar-refractivity contribution in [2.45, 2.75) is 44.9 Å². The molecule has 7 nitrogen and oxygen atoms in total. The van der Waals surface area contributed by atoms with Gasteiger partial charge < -0.3 is 15.2 Å². The number of halogens is 1. The Labute approximate surface area is 208 Å². The third-order valence-electron chi connectivity index (χ3n) is 5.00. The first-order chi connectivity index (χ1) is 15.5. The Balaban J connectivity index is 0.00000408. The summed E-state index contributed by atoms with van der Waals surface area (Å²) in [6.07, 6.45) is 3.41. The van der Waals surface area contributed by atoms with E-state index in [1.54, 1.807) is 24.5 Å². The molecule has 0 fully saturated rings. The van der Waals surface area contributed by atoms with Crippen molar-refractivity contribution in [1.29, 1.82) is 0 Å². The van der Waals surface area contributed by atoms with Crippen molar-refractivity contribution in [3.63, 3.8) is 0 Å². The Morgan fingerprint density at radius 2 is 1.62 bits per heavy atom. The zero-order valence-electron chi connectivity index (χ0n) is 20.0. The van der Waals surface area contributed by atoms with Crippen LogP contribution in [0.5, 0.6) is 11.5 Å². The molecule has 0 aliphatic heterocycles. The Kier molecular flexibility index (Phi) is 8.80. The van der Waals surface area contributed by atoms with Crippen LogP contribution < -0.4 is 14.8 Å². The largest absolute Gasteiger partial charge is 0.506 e. The minimum Gasteiger partial charge on any atom is -0.506 e. The Morgan fingerprint density at radius 3 is 2.26 bits per heavy atom. The van der Waals surface area contributed by atoms with Crippen LogP contribution in [0.4, 0.5) is 11.4 Å². The molecule has 2 aromatic carbocycles. The van der Waals surface area contributed by atoms with Gasteiger partial charge in [0.15, 0.2) is 0 Å². The Morgan fingerprint density at radius 1 is 0.971 bits per heavy atom. The van der Waals surface area contributed by atoms with Gasteiger partial charge in [0.25, 0.3) is 10.0 Å². The van der Waals surface area contributed by atoms with Crippen LogP contribution in [0.15, 0.2) is 59.8 Å². The molecule has 184 valence electrons. The number of hydrogen-bond donors (Lipinski definition) is 3. The summed E-state index contributed by atoms with van der Waals surface area (Å²) >= 11 is 0. The molecule has 34 heavy (non-hydrogen) atoms. The van der Waals surface area contributed by atoms with Crippen LogP contribution in [0.1, 0.15) is 37.5 Å². The number of sulfonamides is 1. The van der Waals surface area contributed by atoms with Crippen LogP contribution in [0.2, 0.25) is 0 Å². The average molecular weight is 506 g/mol. The van der Waals surface area contributed by atoms with E-state index in [4.69, 9.17) is 4.74 Å². The van der Waals surface area contributed by atoms with Crippen LogP contribution >= 0.6 is 12.4 Å². The molecule has 0 unspecified atom stereocenters. The van der Waals surface area contributed by atoms with E-state index >= 15 is 0 Å². The number of ether oxygens (including phenoxy) is 1. The zero-order valence-corrected chi connectivity index (χ0v) is 21.7. The minimum absolute atomic E-state index is 0. The van der Waals surface area contributed by atoms with E-state index in [0.29, 0.717) is 30.2 Å². The van der Waals surface area contributed by atoms with Gasteiger partial charge in [-0.3, -0.25) is 9.71 Å². The third-order valence-corrected chi connectivity index (χ3v) is 6.39. The molecule has 0 aliphatic rings. The highest BCUT2D eigenvalue weighted by molar-refractivity contribution is 7.92. The van der Waals surface area contributed by atoms with Gasteiger partial charge in [0.1, 0.15) is 23.0 Å². The number of aryl methyl sites for hydroxylation is 2. The molecular weight excluding hydrogens is 474 g/mol. The lowest BCUT2D eigenvalue weighted by molar-refractivity contribution is 0.333. The molecule has 1 heterocycles. The maximum absolute atomic E-state index is 13.2. The molecule has 9 heteroatoms. The summed E-state index contributed by atoms with van der Waals surface area (Å²) in [5.41, 5.74) is 3.08. The van der Waals surface area contributed by atoms with Crippen molar-refractivity contribution in [1.82, 2.24) is 4.98 Å². The van der Waals surface area contributed by atoms with E-state index in [9.17, 15) is 13.5 Å². The van der Waals surface area contributed by atoms with Gasteiger partial charge in [0.2, 0.25) is 0 Å². The molecule has 0 aliphatic carbocycles. The van der Waals surface area contributed by atoms with Crippen LogP contribution in [0.25, 0.3) is 0 Å². The van der Waals surface area contributed by atoms with Crippen molar-refractivity contribution in [3.8, 4) is 11.5 Å². The third kappa shape index (κ3) is 7.01. The van der Waals surface area contributed by atoms with E-state index in [2.05, 4.69) is 15.0 Å². The number of benzene rings is 2. The summed E-state index contributed by atoms with van der Waals surface area (Å²) in [4.78, 5) is 3.83. The number of phenols is 1. The Hall–Kier alpha value is -2.97. The van der Waals surface area contributed by atoms with Gasteiger partial charge in [-0.25, -0.2) is 8.42 Å². The van der Waals surface area contributed by atoms with Crippen LogP contribution in [0, 0.1) is 13.8 Å². The van der Waals surface area contributed by atoms with Crippen molar-refractivity contribution in [2.75, 3.05) is 23.2 Å². The lowest BCUT2D eigenvalue weighted by Crippen LogP contribution is -2.17. The molecule has 0 bridgehead atoms. The number of phenolic OH excluding ortho intramolecular Hbond substituents is 1. The van der Waals surface area contributed by atoms with Crippen molar-refractivity contribution in [3.05, 3.63) is 71.5 Å². The molecule has 3 rings (SSSR count). The second kappa shape index (κ2) is 11.0. The summed E-state index contributed by atoms with van der Waals surface area (Å²) < 4.78 is 34.7. The number of aromatic nitrogens is 1. The molecule has 0 amide bonds. The zero-order chi connectivity index (χ0) is 24.2. The fraction of sp³-hybridized carbons (Fsp3) is 0.320. The molecule has 0 atom stereocenters. The van der Waals surface area contributed by atoms with Gasteiger partial charge in [-0.2, -0.15) is 0 Å². The highest BCUT2D eigenvalue weighted by Gasteiger charge is 2.27. The van der Waals surface area contributed by atoms with Gasteiger partial charge in [0.05, 0.1) is 5.69 Å². The van der Waals surface area contributed by atoms with Gasteiger partial charge in [0, 0.05) is 36.3 Å². The summed E-state index contributed by atoms with van der Waals surface area (Å²) in [6, 6.07) is 12.2. The monoisotopic (exact) mass is 505 g/mol. The quantitative estimate of drug-likeness (QED) is 0.354. The topological polar surface area (TPSA) is 101 Å². The number of anilines is 2. The molecule has 0 saturated carbocycles. The van der Waals surface area contributed by atoms with Crippen molar-refractivity contribution >= 4 is 33.8 Å². The van der Waals surface area contributed by atoms with E-state index in [-0.39, 0.29) is 23.1 Å². The Bertz CT molecular complexity index is 1230. The first kappa shape index (κ1) is 27.3. The van der Waals surface area contributed by atoms with Gasteiger partial charge in [-0.15, -0.1) is 12.4 Å². The highest BCUT2D eigenvalue weighted by Crippen LogP contribution is 2.37. The molecule has 0 spiro atoms. The molecular formula is C25H32ClN3O4S. The summed E-state index contributed by atoms with van der Waals surface area (Å²) in [6.45, 7) is 10.4. The second-order valence-corrected chi connectivity index (χ2v) is 10.7. The van der Waals surface area contributed by atoms with Gasteiger partial charge in [-0.1, -0.05) is 26.8 Å². The van der Waals surface area contributed by atoms with Gasteiger partial charge in [-0.05, 0) is 60.7 Å². The lowest BCUT2D eigenvalue weighted by atomic mass is 9.85. The van der Waals surface area contributed by atoms with Crippen LogP contribution in [-0.4, -0.2) is 31.7 Å². The summed E-state index contributed by atoms with van der Waals surface area (Å²) in [5.74, 6) is 0.319. The van der Waals surface area contributed by atoms with E-state index in [1.165, 1.54) is 6.07 Å². The highest BCUT2D eigenvalue weighted by atomic mass is 35.5. The minimum atomic E-state index is -4.02. The molecule has 3 N–H and O–H groups in total. The maximum Gasteiger partial charge on any atom is 0.265 e. The first-order valence-corrected chi connectivity index (χ1v) is 12.2.